The monoisotopic (exact) mass is 767 g/mol. The lowest BCUT2D eigenvalue weighted by Crippen LogP contribution is -2.62. The van der Waals surface area contributed by atoms with Crippen LogP contribution in [0.15, 0.2) is 66.7 Å². The maximum atomic E-state index is 14.9. The van der Waals surface area contributed by atoms with Crippen LogP contribution in [0.3, 0.4) is 0 Å². The van der Waals surface area contributed by atoms with Gasteiger partial charge in [0.25, 0.3) is 0 Å². The Morgan fingerprint density at radius 3 is 2.27 bits per heavy atom. The van der Waals surface area contributed by atoms with Crippen LogP contribution in [0.1, 0.15) is 106 Å². The second-order valence-corrected chi connectivity index (χ2v) is 16.9. The Labute approximate surface area is 330 Å². The number of ether oxygens (including phenoxy) is 2. The molecule has 0 fully saturated rings. The average molecular weight is 768 g/mol. The lowest BCUT2D eigenvalue weighted by atomic mass is 9.83. The SMILES string of the molecule is COC(=O)c1ccc(CNc2ccc3c(c2)CN(C(=O)C(NC(=O)C(C)N(C)C(=O)OC(C)(C)C)C(C)(C)C)C(C(=O)N[C@@H]2CCCc4ccccc42)C3)cc1. The summed E-state index contributed by atoms with van der Waals surface area (Å²) in [6.45, 7) is 13.1. The first-order valence-electron chi connectivity index (χ1n) is 19.3. The highest BCUT2D eigenvalue weighted by atomic mass is 16.6. The first-order valence-corrected chi connectivity index (χ1v) is 19.3. The molecule has 1 aliphatic carbocycles. The Bertz CT molecular complexity index is 1930. The summed E-state index contributed by atoms with van der Waals surface area (Å²) in [6, 6.07) is 18.3. The summed E-state index contributed by atoms with van der Waals surface area (Å²) in [7, 11) is 2.83. The topological polar surface area (TPSA) is 146 Å². The molecule has 0 spiro atoms. The normalized spacial score (nSPS) is 17.6. The van der Waals surface area contributed by atoms with Gasteiger partial charge in [-0.05, 0) is 104 Å². The summed E-state index contributed by atoms with van der Waals surface area (Å²) < 4.78 is 10.3. The van der Waals surface area contributed by atoms with Crippen LogP contribution in [0, 0.1) is 5.41 Å². The number of methoxy groups -OCH3 is 1. The van der Waals surface area contributed by atoms with Gasteiger partial charge in [-0.2, -0.15) is 0 Å². The predicted octanol–water partition coefficient (Wildman–Crippen LogP) is 6.32. The minimum atomic E-state index is -1.02. The molecule has 1 aliphatic heterocycles. The highest BCUT2D eigenvalue weighted by Crippen LogP contribution is 2.33. The fourth-order valence-electron chi connectivity index (χ4n) is 7.16. The van der Waals surface area contributed by atoms with Crippen molar-refractivity contribution in [2.24, 2.45) is 5.41 Å². The van der Waals surface area contributed by atoms with Gasteiger partial charge in [-0.3, -0.25) is 19.3 Å². The van der Waals surface area contributed by atoms with Crippen molar-refractivity contribution < 1.29 is 33.4 Å². The van der Waals surface area contributed by atoms with Crippen LogP contribution in [-0.2, 0) is 49.8 Å². The number of likely N-dealkylation sites (N-methyl/N-ethyl adjacent to an activating group) is 1. The third-order valence-corrected chi connectivity index (χ3v) is 10.5. The molecule has 3 aromatic rings. The molecule has 12 nitrogen and oxygen atoms in total. The number of carbonyl (C=O) groups is 5. The fourth-order valence-corrected chi connectivity index (χ4v) is 7.16. The predicted molar refractivity (Wildman–Crippen MR) is 215 cm³/mol. The molecule has 5 rings (SSSR count). The molecular formula is C44H57N5O7. The Morgan fingerprint density at radius 2 is 1.61 bits per heavy atom. The molecular weight excluding hydrogens is 711 g/mol. The van der Waals surface area contributed by atoms with Crippen molar-refractivity contribution in [1.82, 2.24) is 20.4 Å². The number of nitrogens with zero attached hydrogens (tertiary/aromatic N) is 2. The first-order chi connectivity index (χ1) is 26.4. The molecule has 3 unspecified atom stereocenters. The van der Waals surface area contributed by atoms with E-state index in [-0.39, 0.29) is 18.5 Å². The molecule has 3 aromatic carbocycles. The van der Waals surface area contributed by atoms with Crippen molar-refractivity contribution in [2.75, 3.05) is 19.5 Å². The highest BCUT2D eigenvalue weighted by Gasteiger charge is 2.43. The number of benzene rings is 3. The highest BCUT2D eigenvalue weighted by molar-refractivity contribution is 5.95. The molecule has 56 heavy (non-hydrogen) atoms. The number of fused-ring (bicyclic) bond motifs is 2. The van der Waals surface area contributed by atoms with Gasteiger partial charge in [-0.1, -0.05) is 63.2 Å². The van der Waals surface area contributed by atoms with Gasteiger partial charge in [0.1, 0.15) is 23.7 Å². The molecule has 0 radical (unpaired) electrons. The van der Waals surface area contributed by atoms with Gasteiger partial charge in [0.15, 0.2) is 0 Å². The van der Waals surface area contributed by atoms with E-state index in [1.807, 2.05) is 63.2 Å². The van der Waals surface area contributed by atoms with Gasteiger partial charge in [-0.15, -0.1) is 0 Å². The number of carbonyl (C=O) groups excluding carboxylic acids is 5. The van der Waals surface area contributed by atoms with Crippen LogP contribution in [0.4, 0.5) is 10.5 Å². The number of hydrogen-bond donors (Lipinski definition) is 3. The standard InChI is InChI=1S/C44H57N5O7/c1-27(48(8)42(54)56-44(5,6)7)38(50)47-37(43(2,3)4)40(52)49-26-32-23-33(45-25-28-17-19-30(20-18-28)41(53)55-9)22-21-31(32)24-36(49)39(51)46-35-16-12-14-29-13-10-11-15-34(29)35/h10-11,13,15,17-23,27,35-37,45H,12,14,16,24-26H2,1-9H3,(H,46,51)(H,47,50)/t27?,35-,36?,37?/m1/s1. The average Bonchev–Trinajstić information content (AvgIpc) is 3.16. The quantitative estimate of drug-likeness (QED) is 0.203. The van der Waals surface area contributed by atoms with E-state index in [1.165, 1.54) is 24.6 Å². The van der Waals surface area contributed by atoms with E-state index in [0.29, 0.717) is 18.5 Å². The van der Waals surface area contributed by atoms with Crippen LogP contribution in [0.25, 0.3) is 0 Å². The molecule has 4 atom stereocenters. The Kier molecular flexibility index (Phi) is 12.8. The summed E-state index contributed by atoms with van der Waals surface area (Å²) in [4.78, 5) is 70.5. The summed E-state index contributed by atoms with van der Waals surface area (Å²) >= 11 is 0. The van der Waals surface area contributed by atoms with Crippen molar-refractivity contribution in [3.8, 4) is 0 Å². The summed E-state index contributed by atoms with van der Waals surface area (Å²) in [6.07, 6.45) is 2.32. The molecule has 4 amide bonds. The number of esters is 1. The van der Waals surface area contributed by atoms with Crippen LogP contribution in [0.5, 0.6) is 0 Å². The first kappa shape index (κ1) is 41.8. The van der Waals surface area contributed by atoms with Crippen molar-refractivity contribution in [3.05, 3.63) is 100 Å². The van der Waals surface area contributed by atoms with E-state index < -0.39 is 53.0 Å². The molecule has 3 N–H and O–H groups in total. The number of hydrogen-bond acceptors (Lipinski definition) is 8. The van der Waals surface area contributed by atoms with E-state index in [4.69, 9.17) is 9.47 Å². The number of nitrogens with one attached hydrogen (secondary N) is 3. The minimum absolute atomic E-state index is 0.146. The van der Waals surface area contributed by atoms with Crippen molar-refractivity contribution in [1.29, 1.82) is 0 Å². The summed E-state index contributed by atoms with van der Waals surface area (Å²) in [5, 5.41) is 9.67. The number of rotatable bonds is 10. The second-order valence-electron chi connectivity index (χ2n) is 16.9. The van der Waals surface area contributed by atoms with Crippen molar-refractivity contribution in [3.63, 3.8) is 0 Å². The number of anilines is 1. The van der Waals surface area contributed by atoms with Crippen molar-refractivity contribution >= 4 is 35.5 Å². The zero-order valence-electron chi connectivity index (χ0n) is 34.2. The smallest absolute Gasteiger partial charge is 0.410 e. The zero-order valence-corrected chi connectivity index (χ0v) is 34.2. The number of amides is 4. The van der Waals surface area contributed by atoms with E-state index in [2.05, 4.69) is 28.1 Å². The molecule has 0 saturated heterocycles. The minimum Gasteiger partial charge on any atom is -0.465 e. The van der Waals surface area contributed by atoms with Crippen LogP contribution in [0.2, 0.25) is 0 Å². The Morgan fingerprint density at radius 1 is 0.911 bits per heavy atom. The van der Waals surface area contributed by atoms with Gasteiger partial charge >= 0.3 is 12.1 Å². The molecule has 0 aromatic heterocycles. The third kappa shape index (κ3) is 10.1. The van der Waals surface area contributed by atoms with Gasteiger partial charge in [0.05, 0.1) is 18.7 Å². The van der Waals surface area contributed by atoms with E-state index >= 15 is 0 Å². The van der Waals surface area contributed by atoms with Gasteiger partial charge in [0, 0.05) is 32.2 Å². The fraction of sp³-hybridized carbons (Fsp3) is 0.477. The lowest BCUT2D eigenvalue weighted by Gasteiger charge is -2.42. The van der Waals surface area contributed by atoms with Gasteiger partial charge < -0.3 is 30.3 Å². The van der Waals surface area contributed by atoms with Gasteiger partial charge in [0.2, 0.25) is 17.7 Å². The van der Waals surface area contributed by atoms with Crippen LogP contribution >= 0.6 is 0 Å². The number of aryl methyl sites for hydroxylation is 1. The van der Waals surface area contributed by atoms with E-state index in [1.54, 1.807) is 44.7 Å². The Hall–Kier alpha value is -5.39. The third-order valence-electron chi connectivity index (χ3n) is 10.5. The largest absolute Gasteiger partial charge is 0.465 e. The van der Waals surface area contributed by atoms with E-state index in [9.17, 15) is 24.0 Å². The molecule has 1 heterocycles. The maximum Gasteiger partial charge on any atom is 0.410 e. The molecule has 0 saturated carbocycles. The lowest BCUT2D eigenvalue weighted by molar-refractivity contribution is -0.147. The Balaban J connectivity index is 1.41. The summed E-state index contributed by atoms with van der Waals surface area (Å²) in [5.74, 6) is -1.56. The molecule has 300 valence electrons. The van der Waals surface area contributed by atoms with Gasteiger partial charge in [-0.25, -0.2) is 9.59 Å². The van der Waals surface area contributed by atoms with Crippen LogP contribution < -0.4 is 16.0 Å². The molecule has 0 bridgehead atoms. The zero-order chi connectivity index (χ0) is 40.9. The molecule has 12 heteroatoms. The second kappa shape index (κ2) is 17.2. The molecule has 2 aliphatic rings. The maximum absolute atomic E-state index is 14.9. The summed E-state index contributed by atoms with van der Waals surface area (Å²) in [5.41, 5.74) is 4.90. The van der Waals surface area contributed by atoms with E-state index in [0.717, 1.165) is 47.2 Å². The van der Waals surface area contributed by atoms with Crippen molar-refractivity contribution in [2.45, 2.75) is 117 Å². The van der Waals surface area contributed by atoms with Crippen LogP contribution in [-0.4, -0.2) is 77.5 Å².